The molecule has 6 heteroatoms. The van der Waals surface area contributed by atoms with E-state index in [0.29, 0.717) is 5.75 Å². The number of amides is 1. The molecule has 21 heavy (non-hydrogen) atoms. The van der Waals surface area contributed by atoms with E-state index in [0.717, 1.165) is 23.7 Å². The zero-order chi connectivity index (χ0) is 15.1. The third-order valence-corrected chi connectivity index (χ3v) is 3.96. The summed E-state index contributed by atoms with van der Waals surface area (Å²) in [5, 5.41) is 11.7. The summed E-state index contributed by atoms with van der Waals surface area (Å²) in [5.74, 6) is 0.378. The van der Waals surface area contributed by atoms with Crippen LogP contribution in [0.4, 0.5) is 0 Å². The Kier molecular flexibility index (Phi) is 5.80. The van der Waals surface area contributed by atoms with Crippen LogP contribution in [0.1, 0.15) is 26.7 Å². The molecule has 0 fully saturated rings. The molecule has 0 aliphatic rings. The molecule has 0 bridgehead atoms. The first kappa shape index (κ1) is 15.6. The van der Waals surface area contributed by atoms with Gasteiger partial charge in [-0.3, -0.25) is 9.36 Å². The maximum absolute atomic E-state index is 11.9. The van der Waals surface area contributed by atoms with Crippen molar-refractivity contribution in [2.45, 2.75) is 37.9 Å². The molecule has 1 amide bonds. The number of nitrogens with zero attached hydrogens (tertiary/aromatic N) is 3. The van der Waals surface area contributed by atoms with Gasteiger partial charge in [-0.1, -0.05) is 43.3 Å². The van der Waals surface area contributed by atoms with Gasteiger partial charge in [-0.15, -0.1) is 10.2 Å². The number of aromatic nitrogens is 3. The third kappa shape index (κ3) is 4.60. The summed E-state index contributed by atoms with van der Waals surface area (Å²) in [4.78, 5) is 11.9. The molecule has 1 heterocycles. The summed E-state index contributed by atoms with van der Waals surface area (Å²) in [6.45, 7) is 4.14. The molecule has 2 aromatic rings. The first-order valence-corrected chi connectivity index (χ1v) is 8.07. The fraction of sp³-hybridized carbons (Fsp3) is 0.400. The van der Waals surface area contributed by atoms with E-state index in [1.165, 1.54) is 11.8 Å². The zero-order valence-electron chi connectivity index (χ0n) is 12.3. The summed E-state index contributed by atoms with van der Waals surface area (Å²) >= 11 is 1.39. The van der Waals surface area contributed by atoms with Crippen LogP contribution in [0.5, 0.6) is 0 Å². The van der Waals surface area contributed by atoms with Crippen LogP contribution in [0.15, 0.2) is 41.8 Å². The van der Waals surface area contributed by atoms with Crippen LogP contribution in [-0.2, 0) is 4.79 Å². The van der Waals surface area contributed by atoms with E-state index in [1.54, 1.807) is 6.33 Å². The fourth-order valence-corrected chi connectivity index (χ4v) is 2.78. The molecule has 0 saturated carbocycles. The van der Waals surface area contributed by atoms with E-state index in [1.807, 2.05) is 41.8 Å². The average Bonchev–Trinajstić information content (AvgIpc) is 2.94. The number of nitrogens with one attached hydrogen (secondary N) is 1. The second-order valence-electron chi connectivity index (χ2n) is 4.86. The van der Waals surface area contributed by atoms with E-state index in [9.17, 15) is 4.79 Å². The van der Waals surface area contributed by atoms with E-state index in [4.69, 9.17) is 0 Å². The van der Waals surface area contributed by atoms with Gasteiger partial charge in [0, 0.05) is 11.7 Å². The maximum Gasteiger partial charge on any atom is 0.230 e. The van der Waals surface area contributed by atoms with Crippen LogP contribution in [0, 0.1) is 0 Å². The number of thioether (sulfide) groups is 1. The van der Waals surface area contributed by atoms with Gasteiger partial charge in [0.1, 0.15) is 6.33 Å². The van der Waals surface area contributed by atoms with Gasteiger partial charge in [-0.25, -0.2) is 0 Å². The molecule has 1 aromatic carbocycles. The van der Waals surface area contributed by atoms with Gasteiger partial charge in [0.25, 0.3) is 0 Å². The number of carbonyl (C=O) groups is 1. The zero-order valence-corrected chi connectivity index (χ0v) is 13.1. The molecule has 1 N–H and O–H groups in total. The molecule has 1 aromatic heterocycles. The highest BCUT2D eigenvalue weighted by atomic mass is 32.2. The molecule has 0 spiro atoms. The Bertz CT molecular complexity index is 570. The Labute approximate surface area is 129 Å². The van der Waals surface area contributed by atoms with Gasteiger partial charge >= 0.3 is 0 Å². The summed E-state index contributed by atoms with van der Waals surface area (Å²) in [7, 11) is 0. The fourth-order valence-electron chi connectivity index (χ4n) is 2.04. The molecular weight excluding hydrogens is 284 g/mol. The van der Waals surface area contributed by atoms with Gasteiger partial charge in [0.05, 0.1) is 5.75 Å². The first-order chi connectivity index (χ1) is 10.2. The topological polar surface area (TPSA) is 59.8 Å². The SMILES string of the molecule is CCC[C@H](C)NC(=O)CSc1nncn1-c1ccccc1. The maximum atomic E-state index is 11.9. The van der Waals surface area contributed by atoms with Gasteiger partial charge in [0.15, 0.2) is 5.16 Å². The lowest BCUT2D eigenvalue weighted by molar-refractivity contribution is -0.119. The quantitative estimate of drug-likeness (QED) is 0.799. The number of benzene rings is 1. The Hall–Kier alpha value is -1.82. The van der Waals surface area contributed by atoms with E-state index >= 15 is 0 Å². The lowest BCUT2D eigenvalue weighted by Gasteiger charge is -2.12. The number of para-hydroxylation sites is 1. The Morgan fingerprint density at radius 2 is 2.14 bits per heavy atom. The summed E-state index contributed by atoms with van der Waals surface area (Å²) in [5.41, 5.74) is 0.991. The first-order valence-electron chi connectivity index (χ1n) is 7.08. The van der Waals surface area contributed by atoms with Crippen molar-refractivity contribution < 1.29 is 4.79 Å². The van der Waals surface area contributed by atoms with Gasteiger partial charge in [0.2, 0.25) is 5.91 Å². The minimum atomic E-state index is 0.0311. The summed E-state index contributed by atoms with van der Waals surface area (Å²) < 4.78 is 1.88. The predicted molar refractivity (Wildman–Crippen MR) is 84.6 cm³/mol. The molecular formula is C15H20N4OS. The van der Waals surface area contributed by atoms with Crippen molar-refractivity contribution >= 4 is 17.7 Å². The van der Waals surface area contributed by atoms with Crippen LogP contribution in [0.2, 0.25) is 0 Å². The minimum absolute atomic E-state index is 0.0311. The molecule has 5 nitrogen and oxygen atoms in total. The molecule has 112 valence electrons. The van der Waals surface area contributed by atoms with E-state index in [2.05, 4.69) is 22.4 Å². The van der Waals surface area contributed by atoms with Crippen LogP contribution in [-0.4, -0.2) is 32.5 Å². The van der Waals surface area contributed by atoms with Crippen LogP contribution in [0.3, 0.4) is 0 Å². The van der Waals surface area contributed by atoms with Crippen molar-refractivity contribution in [3.05, 3.63) is 36.7 Å². The molecule has 0 radical (unpaired) electrons. The third-order valence-electron chi connectivity index (χ3n) is 3.01. The highest BCUT2D eigenvalue weighted by molar-refractivity contribution is 7.99. The van der Waals surface area contributed by atoms with E-state index < -0.39 is 0 Å². The smallest absolute Gasteiger partial charge is 0.230 e. The van der Waals surface area contributed by atoms with E-state index in [-0.39, 0.29) is 11.9 Å². The van der Waals surface area contributed by atoms with Crippen LogP contribution >= 0.6 is 11.8 Å². The highest BCUT2D eigenvalue weighted by Gasteiger charge is 2.11. The van der Waals surface area contributed by atoms with Crippen molar-refractivity contribution in [1.29, 1.82) is 0 Å². The Morgan fingerprint density at radius 1 is 1.38 bits per heavy atom. The Morgan fingerprint density at radius 3 is 2.86 bits per heavy atom. The van der Waals surface area contributed by atoms with Gasteiger partial charge < -0.3 is 5.32 Å². The minimum Gasteiger partial charge on any atom is -0.353 e. The number of hydrogen-bond donors (Lipinski definition) is 1. The average molecular weight is 304 g/mol. The molecule has 0 unspecified atom stereocenters. The van der Waals surface area contributed by atoms with Crippen molar-refractivity contribution in [2.75, 3.05) is 5.75 Å². The second kappa shape index (κ2) is 7.83. The van der Waals surface area contributed by atoms with Crippen molar-refractivity contribution in [3.63, 3.8) is 0 Å². The number of hydrogen-bond acceptors (Lipinski definition) is 4. The normalized spacial score (nSPS) is 12.1. The number of rotatable bonds is 7. The monoisotopic (exact) mass is 304 g/mol. The van der Waals surface area contributed by atoms with Crippen molar-refractivity contribution in [2.24, 2.45) is 0 Å². The second-order valence-corrected chi connectivity index (χ2v) is 5.81. The summed E-state index contributed by atoms with van der Waals surface area (Å²) in [6, 6.07) is 10.1. The molecule has 0 aliphatic carbocycles. The standard InChI is InChI=1S/C15H20N4OS/c1-3-7-12(2)17-14(20)10-21-15-18-16-11-19(15)13-8-5-4-6-9-13/h4-6,8-9,11-12H,3,7,10H2,1-2H3,(H,17,20)/t12-/m0/s1. The van der Waals surface area contributed by atoms with Crippen molar-refractivity contribution in [1.82, 2.24) is 20.1 Å². The van der Waals surface area contributed by atoms with Crippen LogP contribution < -0.4 is 5.32 Å². The molecule has 2 rings (SSSR count). The summed E-state index contributed by atoms with van der Waals surface area (Å²) in [6.07, 6.45) is 3.73. The lowest BCUT2D eigenvalue weighted by Crippen LogP contribution is -2.33. The Balaban J connectivity index is 1.93. The predicted octanol–water partition coefficient (Wildman–Crippen LogP) is 2.66. The van der Waals surface area contributed by atoms with Gasteiger partial charge in [-0.05, 0) is 25.5 Å². The molecule has 0 aliphatic heterocycles. The highest BCUT2D eigenvalue weighted by Crippen LogP contribution is 2.18. The molecule has 1 atom stereocenters. The number of carbonyl (C=O) groups excluding carboxylic acids is 1. The van der Waals surface area contributed by atoms with Crippen LogP contribution in [0.25, 0.3) is 5.69 Å². The lowest BCUT2D eigenvalue weighted by atomic mass is 10.2. The molecule has 0 saturated heterocycles. The largest absolute Gasteiger partial charge is 0.353 e. The van der Waals surface area contributed by atoms with Crippen molar-refractivity contribution in [3.8, 4) is 5.69 Å². The van der Waals surface area contributed by atoms with Gasteiger partial charge in [-0.2, -0.15) is 0 Å².